The fourth-order valence-electron chi connectivity index (χ4n) is 4.08. The molecule has 0 unspecified atom stereocenters. The van der Waals surface area contributed by atoms with Crippen molar-refractivity contribution in [1.82, 2.24) is 14.5 Å². The van der Waals surface area contributed by atoms with Crippen LogP contribution in [0.4, 0.5) is 5.69 Å². The Balaban J connectivity index is 1.59. The second-order valence-electron chi connectivity index (χ2n) is 8.17. The first kappa shape index (κ1) is 23.5. The molecule has 9 heteroatoms. The van der Waals surface area contributed by atoms with Gasteiger partial charge in [-0.2, -0.15) is 0 Å². The summed E-state index contributed by atoms with van der Waals surface area (Å²) in [4.78, 5) is 34.5. The Kier molecular flexibility index (Phi) is 6.39. The highest BCUT2D eigenvalue weighted by molar-refractivity contribution is 7.99. The molecule has 5 rings (SSSR count). The summed E-state index contributed by atoms with van der Waals surface area (Å²) in [7, 11) is 3.09. The third kappa shape index (κ3) is 4.40. The Bertz CT molecular complexity index is 1660. The number of nitrogens with one attached hydrogen (secondary N) is 2. The zero-order chi connectivity index (χ0) is 25.2. The van der Waals surface area contributed by atoms with Crippen LogP contribution in [0.3, 0.4) is 0 Å². The number of anilines is 1. The molecule has 36 heavy (non-hydrogen) atoms. The van der Waals surface area contributed by atoms with Gasteiger partial charge in [0.2, 0.25) is 5.91 Å². The topological polar surface area (TPSA) is 98.2 Å². The average Bonchev–Trinajstić information content (AvgIpc) is 3.26. The number of carbonyl (C=O) groups is 1. The maximum Gasteiger partial charge on any atom is 0.283 e. The predicted octanol–water partition coefficient (Wildman–Crippen LogP) is 4.92. The van der Waals surface area contributed by atoms with Gasteiger partial charge in [0.25, 0.3) is 5.56 Å². The number of hydrogen-bond donors (Lipinski definition) is 2. The molecule has 1 amide bonds. The molecular formula is C27H24N4O4S. The molecule has 0 fully saturated rings. The van der Waals surface area contributed by atoms with E-state index in [1.54, 1.807) is 25.3 Å². The lowest BCUT2D eigenvalue weighted by atomic mass is 10.2. The molecule has 0 bridgehead atoms. The minimum absolute atomic E-state index is 0.0710. The lowest BCUT2D eigenvalue weighted by molar-refractivity contribution is -0.113. The van der Waals surface area contributed by atoms with Gasteiger partial charge in [0.15, 0.2) is 16.7 Å². The molecule has 0 radical (unpaired) electrons. The minimum Gasteiger partial charge on any atom is -0.493 e. The van der Waals surface area contributed by atoms with Gasteiger partial charge in [-0.15, -0.1) is 0 Å². The van der Waals surface area contributed by atoms with Crippen molar-refractivity contribution in [3.05, 3.63) is 82.6 Å². The molecule has 0 saturated heterocycles. The molecule has 2 heterocycles. The molecule has 5 aromatic rings. The highest BCUT2D eigenvalue weighted by Crippen LogP contribution is 2.31. The van der Waals surface area contributed by atoms with E-state index in [0.29, 0.717) is 33.4 Å². The SMILES string of the molecule is COc1ccc(-n2c(SCC(=O)Nc3cccc(C)c3)nc3c([nH]c4ccccc43)c2=O)cc1OC. The molecular weight excluding hydrogens is 476 g/mol. The fraction of sp³-hybridized carbons (Fsp3) is 0.148. The van der Waals surface area contributed by atoms with Crippen LogP contribution >= 0.6 is 11.8 Å². The summed E-state index contributed by atoms with van der Waals surface area (Å²) in [6.45, 7) is 1.96. The quantitative estimate of drug-likeness (QED) is 0.243. The molecule has 0 spiro atoms. The number of ether oxygens (including phenoxy) is 2. The summed E-state index contributed by atoms with van der Waals surface area (Å²) in [5, 5.41) is 4.14. The minimum atomic E-state index is -0.273. The van der Waals surface area contributed by atoms with Gasteiger partial charge in [0.05, 0.1) is 25.7 Å². The van der Waals surface area contributed by atoms with Crippen molar-refractivity contribution in [3.8, 4) is 17.2 Å². The number of nitrogens with zero attached hydrogens (tertiary/aromatic N) is 2. The van der Waals surface area contributed by atoms with Gasteiger partial charge >= 0.3 is 0 Å². The van der Waals surface area contributed by atoms with Crippen molar-refractivity contribution in [2.24, 2.45) is 0 Å². The first-order chi connectivity index (χ1) is 17.5. The van der Waals surface area contributed by atoms with Crippen LogP contribution in [0.2, 0.25) is 0 Å². The highest BCUT2D eigenvalue weighted by Gasteiger charge is 2.19. The maximum atomic E-state index is 13.8. The van der Waals surface area contributed by atoms with Gasteiger partial charge in [0, 0.05) is 22.7 Å². The van der Waals surface area contributed by atoms with E-state index in [2.05, 4.69) is 10.3 Å². The standard InChI is InChI=1S/C27H24N4O4S/c1-16-7-6-8-17(13-16)28-23(32)15-36-27-30-24-19-9-4-5-10-20(19)29-25(24)26(33)31(27)18-11-12-21(34-2)22(14-18)35-3/h4-14,29H,15H2,1-3H3,(H,28,32). The summed E-state index contributed by atoms with van der Waals surface area (Å²) in [5.41, 5.74) is 3.81. The molecule has 0 aliphatic carbocycles. The molecule has 0 aliphatic heterocycles. The van der Waals surface area contributed by atoms with Crippen molar-refractivity contribution in [1.29, 1.82) is 0 Å². The number of aryl methyl sites for hydroxylation is 1. The first-order valence-electron chi connectivity index (χ1n) is 11.2. The van der Waals surface area contributed by atoms with Gasteiger partial charge < -0.3 is 19.8 Å². The second-order valence-corrected chi connectivity index (χ2v) is 9.12. The molecule has 0 aliphatic rings. The number of aromatic nitrogens is 3. The Morgan fingerprint density at radius 2 is 1.83 bits per heavy atom. The van der Waals surface area contributed by atoms with Crippen LogP contribution in [0.5, 0.6) is 11.5 Å². The molecule has 0 atom stereocenters. The monoisotopic (exact) mass is 500 g/mol. The lowest BCUT2D eigenvalue weighted by Gasteiger charge is -2.14. The van der Waals surface area contributed by atoms with Crippen LogP contribution in [0.15, 0.2) is 76.7 Å². The van der Waals surface area contributed by atoms with Crippen molar-refractivity contribution in [2.45, 2.75) is 12.1 Å². The Hall–Kier alpha value is -4.24. The summed E-state index contributed by atoms with van der Waals surface area (Å²) in [6, 6.07) is 20.4. The lowest BCUT2D eigenvalue weighted by Crippen LogP contribution is -2.23. The van der Waals surface area contributed by atoms with Crippen LogP contribution in [-0.4, -0.2) is 40.4 Å². The zero-order valence-electron chi connectivity index (χ0n) is 20.0. The smallest absolute Gasteiger partial charge is 0.283 e. The van der Waals surface area contributed by atoms with Crippen LogP contribution < -0.4 is 20.3 Å². The molecule has 2 N–H and O–H groups in total. The summed E-state index contributed by atoms with van der Waals surface area (Å²) < 4.78 is 12.3. The van der Waals surface area contributed by atoms with Gasteiger partial charge in [-0.05, 0) is 42.8 Å². The number of rotatable bonds is 7. The summed E-state index contributed by atoms with van der Waals surface area (Å²) >= 11 is 1.19. The fourth-order valence-corrected chi connectivity index (χ4v) is 4.89. The number of thioether (sulfide) groups is 1. The number of benzene rings is 3. The molecule has 182 valence electrons. The Labute approximate surface area is 211 Å². The van der Waals surface area contributed by atoms with Gasteiger partial charge in [-0.1, -0.05) is 42.1 Å². The Morgan fingerprint density at radius 3 is 2.61 bits per heavy atom. The number of aromatic amines is 1. The van der Waals surface area contributed by atoms with Crippen molar-refractivity contribution >= 4 is 45.3 Å². The average molecular weight is 501 g/mol. The van der Waals surface area contributed by atoms with E-state index in [-0.39, 0.29) is 17.2 Å². The van der Waals surface area contributed by atoms with Crippen molar-refractivity contribution < 1.29 is 14.3 Å². The molecule has 0 saturated carbocycles. The number of hydrogen-bond acceptors (Lipinski definition) is 6. The highest BCUT2D eigenvalue weighted by atomic mass is 32.2. The number of methoxy groups -OCH3 is 2. The maximum absolute atomic E-state index is 13.8. The number of carbonyl (C=O) groups excluding carboxylic acids is 1. The van der Waals surface area contributed by atoms with Crippen LogP contribution in [0, 0.1) is 6.92 Å². The van der Waals surface area contributed by atoms with Gasteiger partial charge in [-0.3, -0.25) is 14.2 Å². The molecule has 2 aromatic heterocycles. The van der Waals surface area contributed by atoms with Crippen LogP contribution in [0.25, 0.3) is 27.6 Å². The second kappa shape index (κ2) is 9.79. The predicted molar refractivity (Wildman–Crippen MR) is 143 cm³/mol. The normalized spacial score (nSPS) is 11.1. The summed E-state index contributed by atoms with van der Waals surface area (Å²) in [6.07, 6.45) is 0. The van der Waals surface area contributed by atoms with Crippen LogP contribution in [-0.2, 0) is 4.79 Å². The third-order valence-corrected chi connectivity index (χ3v) is 6.69. The molecule has 8 nitrogen and oxygen atoms in total. The summed E-state index contributed by atoms with van der Waals surface area (Å²) in [5.74, 6) is 0.895. The molecule has 3 aromatic carbocycles. The van der Waals surface area contributed by atoms with E-state index >= 15 is 0 Å². The Morgan fingerprint density at radius 1 is 1.03 bits per heavy atom. The number of H-pyrrole nitrogens is 1. The van der Waals surface area contributed by atoms with Crippen molar-refractivity contribution in [3.63, 3.8) is 0 Å². The first-order valence-corrected chi connectivity index (χ1v) is 12.2. The van der Waals surface area contributed by atoms with E-state index in [1.807, 2.05) is 55.5 Å². The number of fused-ring (bicyclic) bond motifs is 3. The van der Waals surface area contributed by atoms with E-state index in [9.17, 15) is 9.59 Å². The van der Waals surface area contributed by atoms with E-state index in [4.69, 9.17) is 14.5 Å². The van der Waals surface area contributed by atoms with E-state index in [1.165, 1.54) is 23.4 Å². The van der Waals surface area contributed by atoms with Gasteiger partial charge in [0.1, 0.15) is 11.0 Å². The van der Waals surface area contributed by atoms with E-state index in [0.717, 1.165) is 22.2 Å². The largest absolute Gasteiger partial charge is 0.493 e. The van der Waals surface area contributed by atoms with Crippen molar-refractivity contribution in [2.75, 3.05) is 25.3 Å². The van der Waals surface area contributed by atoms with Crippen LogP contribution in [0.1, 0.15) is 5.56 Å². The number of para-hydroxylation sites is 1. The zero-order valence-corrected chi connectivity index (χ0v) is 20.8. The van der Waals surface area contributed by atoms with E-state index < -0.39 is 0 Å². The third-order valence-electron chi connectivity index (χ3n) is 5.75. The van der Waals surface area contributed by atoms with Gasteiger partial charge in [-0.25, -0.2) is 4.98 Å². The number of amides is 1.